The number of likely N-dealkylation sites (tertiary alicyclic amines) is 1. The van der Waals surface area contributed by atoms with Gasteiger partial charge in [-0.25, -0.2) is 4.79 Å². The zero-order valence-electron chi connectivity index (χ0n) is 13.6. The van der Waals surface area contributed by atoms with Gasteiger partial charge in [0.25, 0.3) is 5.91 Å². The second-order valence-corrected chi connectivity index (χ2v) is 5.74. The molecule has 6 nitrogen and oxygen atoms in total. The van der Waals surface area contributed by atoms with Gasteiger partial charge in [0.1, 0.15) is 5.75 Å². The van der Waals surface area contributed by atoms with E-state index in [-0.39, 0.29) is 11.5 Å². The van der Waals surface area contributed by atoms with E-state index in [4.69, 9.17) is 14.6 Å². The van der Waals surface area contributed by atoms with Gasteiger partial charge in [-0.2, -0.15) is 0 Å². The number of aromatic carboxylic acids is 1. The molecule has 1 fully saturated rings. The Labute approximate surface area is 136 Å². The zero-order chi connectivity index (χ0) is 16.8. The lowest BCUT2D eigenvalue weighted by atomic mass is 10.1. The van der Waals surface area contributed by atoms with Crippen molar-refractivity contribution in [2.24, 2.45) is 5.92 Å². The summed E-state index contributed by atoms with van der Waals surface area (Å²) in [5, 5.41) is 9.14. The van der Waals surface area contributed by atoms with E-state index >= 15 is 0 Å². The number of carbonyl (C=O) groups is 2. The van der Waals surface area contributed by atoms with Crippen molar-refractivity contribution in [2.45, 2.75) is 19.8 Å². The number of methoxy groups -OCH3 is 1. The Bertz CT molecular complexity index is 572. The van der Waals surface area contributed by atoms with Crippen LogP contribution in [0, 0.1) is 5.92 Å². The smallest absolute Gasteiger partial charge is 0.335 e. The fraction of sp³-hybridized carbons (Fsp3) is 0.529. The van der Waals surface area contributed by atoms with Gasteiger partial charge < -0.3 is 19.5 Å². The summed E-state index contributed by atoms with van der Waals surface area (Å²) in [7, 11) is 1.45. The minimum absolute atomic E-state index is 0.0507. The van der Waals surface area contributed by atoms with Gasteiger partial charge in [0.15, 0.2) is 0 Å². The van der Waals surface area contributed by atoms with Crippen LogP contribution in [-0.4, -0.2) is 55.3 Å². The van der Waals surface area contributed by atoms with Crippen molar-refractivity contribution in [2.75, 3.05) is 33.4 Å². The molecule has 1 aliphatic heterocycles. The predicted octanol–water partition coefficient (Wildman–Crippen LogP) is 2.28. The molecule has 0 spiro atoms. The van der Waals surface area contributed by atoms with Gasteiger partial charge in [-0.15, -0.1) is 0 Å². The second-order valence-electron chi connectivity index (χ2n) is 5.74. The lowest BCUT2D eigenvalue weighted by Gasteiger charge is -2.17. The van der Waals surface area contributed by atoms with Crippen LogP contribution < -0.4 is 4.74 Å². The molecule has 6 heteroatoms. The predicted molar refractivity (Wildman–Crippen MR) is 85.1 cm³/mol. The third-order valence-corrected chi connectivity index (χ3v) is 3.91. The summed E-state index contributed by atoms with van der Waals surface area (Å²) in [6.45, 7) is 4.77. The van der Waals surface area contributed by atoms with E-state index in [0.29, 0.717) is 36.9 Å². The van der Waals surface area contributed by atoms with E-state index in [2.05, 4.69) is 6.92 Å². The molecule has 1 amide bonds. The van der Waals surface area contributed by atoms with E-state index < -0.39 is 5.97 Å². The van der Waals surface area contributed by atoms with E-state index in [1.807, 2.05) is 0 Å². The maximum Gasteiger partial charge on any atom is 0.335 e. The molecule has 126 valence electrons. The Kier molecular flexibility index (Phi) is 5.98. The summed E-state index contributed by atoms with van der Waals surface area (Å²) in [5.41, 5.74) is 0.395. The molecule has 1 atom stereocenters. The van der Waals surface area contributed by atoms with Crippen molar-refractivity contribution in [3.05, 3.63) is 29.3 Å². The van der Waals surface area contributed by atoms with Crippen LogP contribution in [0.4, 0.5) is 0 Å². The molecule has 0 unspecified atom stereocenters. The summed E-state index contributed by atoms with van der Waals surface area (Å²) >= 11 is 0. The van der Waals surface area contributed by atoms with Crippen molar-refractivity contribution in [1.82, 2.24) is 4.90 Å². The molecule has 1 aromatic rings. The van der Waals surface area contributed by atoms with Gasteiger partial charge >= 0.3 is 5.97 Å². The fourth-order valence-electron chi connectivity index (χ4n) is 2.69. The first-order chi connectivity index (χ1) is 11.0. The number of rotatable bonds is 7. The summed E-state index contributed by atoms with van der Waals surface area (Å²) in [6, 6.07) is 4.38. The molecule has 1 saturated heterocycles. The molecule has 1 heterocycles. The number of benzene rings is 1. The molecule has 0 aromatic heterocycles. The average molecular weight is 321 g/mol. The monoisotopic (exact) mass is 321 g/mol. The molecule has 1 aliphatic rings. The Hall–Kier alpha value is -2.08. The molecule has 0 bridgehead atoms. The highest BCUT2D eigenvalue weighted by molar-refractivity contribution is 5.98. The number of hydrogen-bond donors (Lipinski definition) is 1. The first-order valence-electron chi connectivity index (χ1n) is 7.84. The van der Waals surface area contributed by atoms with Crippen LogP contribution >= 0.6 is 0 Å². The third kappa shape index (κ3) is 4.45. The maximum absolute atomic E-state index is 12.6. The molecule has 0 radical (unpaired) electrons. The Morgan fingerprint density at radius 2 is 2.04 bits per heavy atom. The number of carbonyl (C=O) groups excluding carboxylic acids is 1. The average Bonchev–Trinajstić information content (AvgIpc) is 3.02. The minimum atomic E-state index is -1.08. The van der Waals surface area contributed by atoms with Crippen LogP contribution in [0.15, 0.2) is 18.2 Å². The normalized spacial score (nSPS) is 17.3. The lowest BCUT2D eigenvalue weighted by molar-refractivity contribution is 0.0696. The van der Waals surface area contributed by atoms with Gasteiger partial charge in [-0.05, 0) is 31.0 Å². The number of amides is 1. The lowest BCUT2D eigenvalue weighted by Crippen LogP contribution is -2.29. The minimum Gasteiger partial charge on any atom is -0.497 e. The largest absolute Gasteiger partial charge is 0.497 e. The zero-order valence-corrected chi connectivity index (χ0v) is 13.6. The Morgan fingerprint density at radius 1 is 1.30 bits per heavy atom. The van der Waals surface area contributed by atoms with E-state index in [1.54, 1.807) is 11.0 Å². The molecule has 23 heavy (non-hydrogen) atoms. The van der Waals surface area contributed by atoms with E-state index in [1.165, 1.54) is 19.2 Å². The number of carboxylic acid groups (broad SMARTS) is 1. The molecule has 2 rings (SSSR count). The topological polar surface area (TPSA) is 76.1 Å². The van der Waals surface area contributed by atoms with Crippen LogP contribution in [0.2, 0.25) is 0 Å². The third-order valence-electron chi connectivity index (χ3n) is 3.91. The maximum atomic E-state index is 12.6. The van der Waals surface area contributed by atoms with Crippen LogP contribution in [0.1, 0.15) is 40.5 Å². The number of nitrogens with zero attached hydrogens (tertiary/aromatic N) is 1. The van der Waals surface area contributed by atoms with Crippen molar-refractivity contribution in [3.8, 4) is 5.75 Å². The van der Waals surface area contributed by atoms with Crippen molar-refractivity contribution in [3.63, 3.8) is 0 Å². The van der Waals surface area contributed by atoms with Crippen LogP contribution in [-0.2, 0) is 4.74 Å². The van der Waals surface area contributed by atoms with Crippen molar-refractivity contribution >= 4 is 11.9 Å². The quantitative estimate of drug-likeness (QED) is 0.780. The highest BCUT2D eigenvalue weighted by Gasteiger charge is 2.27. The van der Waals surface area contributed by atoms with E-state index in [9.17, 15) is 9.59 Å². The first kappa shape index (κ1) is 17.3. The van der Waals surface area contributed by atoms with Gasteiger partial charge in [-0.1, -0.05) is 6.92 Å². The Morgan fingerprint density at radius 3 is 2.70 bits per heavy atom. The number of ether oxygens (including phenoxy) is 2. The molecule has 0 aliphatic carbocycles. The molecule has 1 aromatic carbocycles. The first-order valence-corrected chi connectivity index (χ1v) is 7.84. The second kappa shape index (κ2) is 7.97. The molecular formula is C17H23NO5. The van der Waals surface area contributed by atoms with Crippen molar-refractivity contribution < 1.29 is 24.2 Å². The molecule has 1 N–H and O–H groups in total. The number of hydrogen-bond acceptors (Lipinski definition) is 4. The molecular weight excluding hydrogens is 298 g/mol. The molecule has 0 saturated carbocycles. The highest BCUT2D eigenvalue weighted by Crippen LogP contribution is 2.22. The van der Waals surface area contributed by atoms with Gasteiger partial charge in [0.2, 0.25) is 0 Å². The summed E-state index contributed by atoms with van der Waals surface area (Å²) < 4.78 is 10.6. The number of carboxylic acids is 1. The summed E-state index contributed by atoms with van der Waals surface area (Å²) in [6.07, 6.45) is 1.89. The highest BCUT2D eigenvalue weighted by atomic mass is 16.5. The van der Waals surface area contributed by atoms with Gasteiger partial charge in [0, 0.05) is 31.2 Å². The van der Waals surface area contributed by atoms with E-state index in [0.717, 1.165) is 19.4 Å². The van der Waals surface area contributed by atoms with Gasteiger partial charge in [0.05, 0.1) is 19.3 Å². The van der Waals surface area contributed by atoms with Gasteiger partial charge in [-0.3, -0.25) is 4.79 Å². The standard InChI is InChI=1S/C17H23NO5/c1-3-6-23-11-12-4-5-18(10-12)16(19)13-7-14(17(20)21)9-15(8-13)22-2/h7-9,12H,3-6,10-11H2,1-2H3,(H,20,21)/t12-/m1/s1. The van der Waals surface area contributed by atoms with Crippen LogP contribution in [0.5, 0.6) is 5.75 Å². The van der Waals surface area contributed by atoms with Crippen molar-refractivity contribution in [1.29, 1.82) is 0 Å². The Balaban J connectivity index is 2.06. The fourth-order valence-corrected chi connectivity index (χ4v) is 2.69. The summed E-state index contributed by atoms with van der Waals surface area (Å²) in [4.78, 5) is 25.5. The van der Waals surface area contributed by atoms with Crippen LogP contribution in [0.25, 0.3) is 0 Å². The van der Waals surface area contributed by atoms with Crippen LogP contribution in [0.3, 0.4) is 0 Å². The SMILES string of the molecule is CCCOC[C@@H]1CCN(C(=O)c2cc(OC)cc(C(=O)O)c2)C1. The summed E-state index contributed by atoms with van der Waals surface area (Å²) in [5.74, 6) is -0.528.